The van der Waals surface area contributed by atoms with Crippen molar-refractivity contribution in [2.24, 2.45) is 0 Å². The molecule has 1 aliphatic carbocycles. The SMILES string of the molecule is CC1=CC(C)([Si](C)(C)C)C(C)=C1C. The van der Waals surface area contributed by atoms with Crippen LogP contribution in [0.25, 0.3) is 0 Å². The van der Waals surface area contributed by atoms with Gasteiger partial charge in [-0.3, -0.25) is 0 Å². The van der Waals surface area contributed by atoms with Gasteiger partial charge in [-0.05, 0) is 26.3 Å². The van der Waals surface area contributed by atoms with Crippen LogP contribution in [-0.4, -0.2) is 8.07 Å². The molecule has 0 heterocycles. The zero-order valence-corrected chi connectivity index (χ0v) is 11.1. The summed E-state index contributed by atoms with van der Waals surface area (Å²) in [6.07, 6.45) is 2.49. The first-order valence-electron chi connectivity index (χ1n) is 5.08. The lowest BCUT2D eigenvalue weighted by molar-refractivity contribution is 0.852. The largest absolute Gasteiger partial charge is 0.0741 e. The Morgan fingerprint density at radius 3 is 1.69 bits per heavy atom. The molecule has 13 heavy (non-hydrogen) atoms. The minimum atomic E-state index is -1.13. The Hall–Kier alpha value is -0.303. The minimum absolute atomic E-state index is 0.390. The van der Waals surface area contributed by atoms with Crippen molar-refractivity contribution in [1.29, 1.82) is 0 Å². The maximum atomic E-state index is 2.49. The van der Waals surface area contributed by atoms with E-state index < -0.39 is 8.07 Å². The van der Waals surface area contributed by atoms with Crippen LogP contribution in [0.4, 0.5) is 0 Å². The number of allylic oxidation sites excluding steroid dienone is 4. The molecular weight excluding hydrogens is 172 g/mol. The second kappa shape index (κ2) is 2.84. The average Bonchev–Trinajstić information content (AvgIpc) is 2.15. The van der Waals surface area contributed by atoms with Crippen LogP contribution >= 0.6 is 0 Å². The Bertz CT molecular complexity index is 289. The van der Waals surface area contributed by atoms with Crippen LogP contribution in [0.15, 0.2) is 22.8 Å². The lowest BCUT2D eigenvalue weighted by atomic mass is 10.0. The van der Waals surface area contributed by atoms with Crippen molar-refractivity contribution in [2.75, 3.05) is 0 Å². The normalized spacial score (nSPS) is 29.6. The van der Waals surface area contributed by atoms with Crippen molar-refractivity contribution in [1.82, 2.24) is 0 Å². The average molecular weight is 194 g/mol. The van der Waals surface area contributed by atoms with E-state index in [1.54, 1.807) is 5.57 Å². The Kier molecular flexibility index (Phi) is 2.36. The molecule has 0 aromatic carbocycles. The second-order valence-electron chi connectivity index (χ2n) is 5.53. The summed E-state index contributed by atoms with van der Waals surface area (Å²) in [4.78, 5) is 0. The number of rotatable bonds is 1. The van der Waals surface area contributed by atoms with Gasteiger partial charge in [0.1, 0.15) is 0 Å². The highest BCUT2D eigenvalue weighted by Crippen LogP contribution is 2.52. The Morgan fingerprint density at radius 1 is 1.08 bits per heavy atom. The van der Waals surface area contributed by atoms with Crippen molar-refractivity contribution in [3.8, 4) is 0 Å². The van der Waals surface area contributed by atoms with Gasteiger partial charge >= 0.3 is 0 Å². The first-order chi connectivity index (χ1) is 5.70. The Morgan fingerprint density at radius 2 is 1.54 bits per heavy atom. The number of hydrogen-bond donors (Lipinski definition) is 0. The van der Waals surface area contributed by atoms with Gasteiger partial charge in [-0.15, -0.1) is 0 Å². The lowest BCUT2D eigenvalue weighted by Gasteiger charge is -2.37. The molecule has 0 radical (unpaired) electrons. The van der Waals surface area contributed by atoms with Crippen molar-refractivity contribution >= 4 is 8.07 Å². The summed E-state index contributed by atoms with van der Waals surface area (Å²) in [5.41, 5.74) is 4.61. The first kappa shape index (κ1) is 10.8. The fourth-order valence-corrected chi connectivity index (χ4v) is 4.08. The summed E-state index contributed by atoms with van der Waals surface area (Å²) < 4.78 is 0. The molecule has 0 amide bonds. The van der Waals surface area contributed by atoms with E-state index in [-0.39, 0.29) is 0 Å². The molecule has 0 nitrogen and oxygen atoms in total. The molecule has 1 aliphatic rings. The van der Waals surface area contributed by atoms with Gasteiger partial charge < -0.3 is 0 Å². The molecule has 0 aromatic rings. The van der Waals surface area contributed by atoms with Crippen molar-refractivity contribution < 1.29 is 0 Å². The molecule has 1 atom stereocenters. The predicted molar refractivity (Wildman–Crippen MR) is 63.8 cm³/mol. The standard InChI is InChI=1S/C12H22Si/c1-9-8-12(4,13(5,6)7)11(3)10(9)2/h8H,1-7H3. The summed E-state index contributed by atoms with van der Waals surface area (Å²) in [6, 6.07) is 0. The molecule has 74 valence electrons. The van der Waals surface area contributed by atoms with Gasteiger partial charge in [0.05, 0.1) is 8.07 Å². The highest BCUT2D eigenvalue weighted by atomic mass is 28.3. The highest BCUT2D eigenvalue weighted by molar-refractivity contribution is 6.80. The smallest absolute Gasteiger partial charge is 0.0597 e. The molecule has 0 saturated carbocycles. The van der Waals surface area contributed by atoms with E-state index in [0.717, 1.165) is 0 Å². The fraction of sp³-hybridized carbons (Fsp3) is 0.667. The van der Waals surface area contributed by atoms with E-state index >= 15 is 0 Å². The Labute approximate surface area is 83.7 Å². The third-order valence-electron chi connectivity index (χ3n) is 4.00. The van der Waals surface area contributed by atoms with E-state index in [1.165, 1.54) is 11.1 Å². The van der Waals surface area contributed by atoms with Gasteiger partial charge in [0.2, 0.25) is 0 Å². The zero-order valence-electron chi connectivity index (χ0n) is 10.1. The van der Waals surface area contributed by atoms with Crippen LogP contribution < -0.4 is 0 Å². The summed E-state index contributed by atoms with van der Waals surface area (Å²) in [5.74, 6) is 0. The summed E-state index contributed by atoms with van der Waals surface area (Å²) >= 11 is 0. The van der Waals surface area contributed by atoms with Gasteiger partial charge in [0, 0.05) is 5.04 Å². The quantitative estimate of drug-likeness (QED) is 0.543. The van der Waals surface area contributed by atoms with Gasteiger partial charge in [-0.25, -0.2) is 0 Å². The van der Waals surface area contributed by atoms with Gasteiger partial charge in [0.15, 0.2) is 0 Å². The molecule has 0 aliphatic heterocycles. The molecule has 1 heteroatoms. The van der Waals surface area contributed by atoms with Crippen LogP contribution in [-0.2, 0) is 0 Å². The van der Waals surface area contributed by atoms with E-state index in [1.807, 2.05) is 0 Å². The maximum absolute atomic E-state index is 2.49. The lowest BCUT2D eigenvalue weighted by Crippen LogP contribution is -2.36. The maximum Gasteiger partial charge on any atom is 0.0597 e. The molecule has 1 unspecified atom stereocenters. The first-order valence-corrected chi connectivity index (χ1v) is 8.58. The van der Waals surface area contributed by atoms with Crippen LogP contribution in [0.3, 0.4) is 0 Å². The molecule has 0 bridgehead atoms. The van der Waals surface area contributed by atoms with Crippen LogP contribution in [0.1, 0.15) is 27.7 Å². The third-order valence-corrected chi connectivity index (χ3v) is 7.63. The monoisotopic (exact) mass is 194 g/mol. The molecule has 0 aromatic heterocycles. The van der Waals surface area contributed by atoms with Crippen molar-refractivity contribution in [2.45, 2.75) is 52.4 Å². The highest BCUT2D eigenvalue weighted by Gasteiger charge is 2.42. The molecular formula is C12H22Si. The van der Waals surface area contributed by atoms with Crippen molar-refractivity contribution in [3.63, 3.8) is 0 Å². The topological polar surface area (TPSA) is 0 Å². The van der Waals surface area contributed by atoms with Gasteiger partial charge in [-0.2, -0.15) is 0 Å². The minimum Gasteiger partial charge on any atom is -0.0741 e. The van der Waals surface area contributed by atoms with E-state index in [9.17, 15) is 0 Å². The fourth-order valence-electron chi connectivity index (χ4n) is 2.11. The van der Waals surface area contributed by atoms with E-state index in [0.29, 0.717) is 5.04 Å². The summed E-state index contributed by atoms with van der Waals surface area (Å²) in [6.45, 7) is 16.6. The van der Waals surface area contributed by atoms with E-state index in [2.05, 4.69) is 53.4 Å². The summed E-state index contributed by atoms with van der Waals surface area (Å²) in [5, 5.41) is 0.390. The molecule has 0 spiro atoms. The Balaban J connectivity index is 3.25. The number of hydrogen-bond acceptors (Lipinski definition) is 0. The molecule has 1 rings (SSSR count). The van der Waals surface area contributed by atoms with Crippen LogP contribution in [0.5, 0.6) is 0 Å². The van der Waals surface area contributed by atoms with Gasteiger partial charge in [0.25, 0.3) is 0 Å². The van der Waals surface area contributed by atoms with Gasteiger partial charge in [-0.1, -0.05) is 43.8 Å². The van der Waals surface area contributed by atoms with Crippen LogP contribution in [0, 0.1) is 0 Å². The van der Waals surface area contributed by atoms with Crippen molar-refractivity contribution in [3.05, 3.63) is 22.8 Å². The summed E-state index contributed by atoms with van der Waals surface area (Å²) in [7, 11) is -1.13. The second-order valence-corrected chi connectivity index (χ2v) is 11.1. The molecule has 0 N–H and O–H groups in total. The molecule has 0 fully saturated rings. The zero-order chi connectivity index (χ0) is 10.4. The van der Waals surface area contributed by atoms with Crippen LogP contribution in [0.2, 0.25) is 24.7 Å². The predicted octanol–water partition coefficient (Wildman–Crippen LogP) is 4.38. The third kappa shape index (κ3) is 1.43. The van der Waals surface area contributed by atoms with E-state index in [4.69, 9.17) is 0 Å². The molecule has 0 saturated heterocycles.